The van der Waals surface area contributed by atoms with Crippen molar-refractivity contribution in [1.82, 2.24) is 4.90 Å². The Hall–Kier alpha value is 0.270. The van der Waals surface area contributed by atoms with Crippen LogP contribution in [0.5, 0.6) is 0 Å². The molecule has 1 spiro atoms. The summed E-state index contributed by atoms with van der Waals surface area (Å²) in [5.74, 6) is 0.844. The maximum atomic E-state index is 10.2. The smallest absolute Gasteiger partial charge is 0.0835 e. The molecular weight excluding hydrogens is 218 g/mol. The maximum absolute atomic E-state index is 10.2. The van der Waals surface area contributed by atoms with Gasteiger partial charge in [0.15, 0.2) is 0 Å². The Labute approximate surface area is 104 Å². The van der Waals surface area contributed by atoms with Gasteiger partial charge in [0.2, 0.25) is 0 Å². The van der Waals surface area contributed by atoms with Gasteiger partial charge < -0.3 is 5.11 Å². The summed E-state index contributed by atoms with van der Waals surface area (Å²) < 4.78 is 0. The predicted octanol–water partition coefficient (Wildman–Crippen LogP) is 2.37. The van der Waals surface area contributed by atoms with E-state index in [0.717, 1.165) is 12.3 Å². The van der Waals surface area contributed by atoms with Gasteiger partial charge in [0, 0.05) is 25.4 Å². The Balaban J connectivity index is 1.75. The zero-order valence-electron chi connectivity index (χ0n) is 10.7. The third kappa shape index (κ3) is 2.93. The first-order valence-corrected chi connectivity index (χ1v) is 7.88. The summed E-state index contributed by atoms with van der Waals surface area (Å²) in [5, 5.41) is 10.2. The number of aliphatic hydroxyl groups is 1. The molecule has 1 atom stereocenters. The van der Waals surface area contributed by atoms with Gasteiger partial charge in [0.25, 0.3) is 0 Å². The summed E-state index contributed by atoms with van der Waals surface area (Å²) in [4.78, 5) is 2.45. The zero-order chi connectivity index (χ0) is 11.6. The Bertz CT molecular complexity index is 228. The molecule has 1 unspecified atom stereocenters. The molecule has 0 radical (unpaired) electrons. The Morgan fingerprint density at radius 2 is 1.88 bits per heavy atom. The molecule has 0 aromatic carbocycles. The summed E-state index contributed by atoms with van der Waals surface area (Å²) in [6.07, 6.45) is 9.20. The molecule has 0 aromatic heterocycles. The van der Waals surface area contributed by atoms with E-state index in [-0.39, 0.29) is 0 Å². The van der Waals surface area contributed by atoms with Crippen molar-refractivity contribution >= 4 is 11.8 Å². The lowest BCUT2D eigenvalue weighted by atomic mass is 9.68. The highest BCUT2D eigenvalue weighted by atomic mass is 32.2. The molecule has 1 saturated carbocycles. The molecular formula is C13H25NOS. The number of hydrogen-bond donors (Lipinski definition) is 1. The molecule has 1 saturated heterocycles. The fourth-order valence-electron chi connectivity index (χ4n) is 3.47. The SMILES string of the molecule is CSCC(C)(O)CN1CC2(CCCCC2)C1. The lowest BCUT2D eigenvalue weighted by Gasteiger charge is -2.54. The van der Waals surface area contributed by atoms with Gasteiger partial charge in [-0.25, -0.2) is 0 Å². The van der Waals surface area contributed by atoms with Gasteiger partial charge in [0.1, 0.15) is 0 Å². The summed E-state index contributed by atoms with van der Waals surface area (Å²) in [7, 11) is 0. The van der Waals surface area contributed by atoms with Crippen LogP contribution in [0.25, 0.3) is 0 Å². The van der Waals surface area contributed by atoms with E-state index in [4.69, 9.17) is 0 Å². The monoisotopic (exact) mass is 243 g/mol. The third-order valence-corrected chi connectivity index (χ3v) is 4.96. The maximum Gasteiger partial charge on any atom is 0.0835 e. The van der Waals surface area contributed by atoms with Crippen LogP contribution in [0.2, 0.25) is 0 Å². The van der Waals surface area contributed by atoms with E-state index < -0.39 is 5.60 Å². The van der Waals surface area contributed by atoms with Crippen LogP contribution in [0, 0.1) is 5.41 Å². The second-order valence-electron chi connectivity index (χ2n) is 6.14. The first-order valence-electron chi connectivity index (χ1n) is 6.49. The highest BCUT2D eigenvalue weighted by Gasteiger charge is 2.44. The van der Waals surface area contributed by atoms with Gasteiger partial charge in [-0.2, -0.15) is 11.8 Å². The quantitative estimate of drug-likeness (QED) is 0.820. The molecule has 0 bridgehead atoms. The van der Waals surface area contributed by atoms with Gasteiger partial charge in [0.05, 0.1) is 5.60 Å². The van der Waals surface area contributed by atoms with E-state index in [1.54, 1.807) is 11.8 Å². The Morgan fingerprint density at radius 1 is 1.25 bits per heavy atom. The highest BCUT2D eigenvalue weighted by Crippen LogP contribution is 2.44. The zero-order valence-corrected chi connectivity index (χ0v) is 11.5. The molecule has 1 N–H and O–H groups in total. The van der Waals surface area contributed by atoms with Crippen molar-refractivity contribution in [3.8, 4) is 0 Å². The van der Waals surface area contributed by atoms with Crippen LogP contribution in [-0.4, -0.2) is 47.3 Å². The first-order chi connectivity index (χ1) is 7.55. The van der Waals surface area contributed by atoms with Gasteiger partial charge in [-0.05, 0) is 31.4 Å². The number of likely N-dealkylation sites (tertiary alicyclic amines) is 1. The molecule has 16 heavy (non-hydrogen) atoms. The Kier molecular flexibility index (Phi) is 3.87. The fourth-order valence-corrected chi connectivity index (χ4v) is 4.18. The third-order valence-electron chi connectivity index (χ3n) is 4.05. The molecule has 2 nitrogen and oxygen atoms in total. The predicted molar refractivity (Wildman–Crippen MR) is 71.0 cm³/mol. The summed E-state index contributed by atoms with van der Waals surface area (Å²) in [6.45, 7) is 5.29. The van der Waals surface area contributed by atoms with Crippen LogP contribution in [0.3, 0.4) is 0 Å². The topological polar surface area (TPSA) is 23.5 Å². The minimum atomic E-state index is -0.504. The molecule has 1 aliphatic heterocycles. The average molecular weight is 243 g/mol. The number of hydrogen-bond acceptors (Lipinski definition) is 3. The number of rotatable bonds is 4. The van der Waals surface area contributed by atoms with Crippen molar-refractivity contribution in [1.29, 1.82) is 0 Å². The van der Waals surface area contributed by atoms with Crippen LogP contribution >= 0.6 is 11.8 Å². The van der Waals surface area contributed by atoms with Gasteiger partial charge >= 0.3 is 0 Å². The Morgan fingerprint density at radius 3 is 2.44 bits per heavy atom. The summed E-state index contributed by atoms with van der Waals surface area (Å²) in [6, 6.07) is 0. The van der Waals surface area contributed by atoms with E-state index in [2.05, 4.69) is 11.2 Å². The fraction of sp³-hybridized carbons (Fsp3) is 1.00. The second kappa shape index (κ2) is 4.87. The molecule has 0 amide bonds. The number of thioether (sulfide) groups is 1. The molecule has 2 fully saturated rings. The van der Waals surface area contributed by atoms with Crippen molar-refractivity contribution in [2.75, 3.05) is 31.6 Å². The molecule has 1 aliphatic carbocycles. The van der Waals surface area contributed by atoms with E-state index >= 15 is 0 Å². The van der Waals surface area contributed by atoms with E-state index in [0.29, 0.717) is 5.41 Å². The molecule has 94 valence electrons. The largest absolute Gasteiger partial charge is 0.388 e. The van der Waals surface area contributed by atoms with E-state index in [1.165, 1.54) is 45.2 Å². The lowest BCUT2D eigenvalue weighted by molar-refractivity contribution is -0.0685. The normalized spacial score (nSPS) is 28.7. The van der Waals surface area contributed by atoms with Crippen LogP contribution in [0.4, 0.5) is 0 Å². The first kappa shape index (κ1) is 12.7. The van der Waals surface area contributed by atoms with Crippen LogP contribution in [-0.2, 0) is 0 Å². The van der Waals surface area contributed by atoms with Crippen molar-refractivity contribution in [3.63, 3.8) is 0 Å². The minimum Gasteiger partial charge on any atom is -0.388 e. The molecule has 0 aromatic rings. The lowest BCUT2D eigenvalue weighted by Crippen LogP contribution is -2.60. The molecule has 2 rings (SSSR count). The van der Waals surface area contributed by atoms with Gasteiger partial charge in [-0.1, -0.05) is 19.3 Å². The van der Waals surface area contributed by atoms with E-state index in [1.807, 2.05) is 6.92 Å². The van der Waals surface area contributed by atoms with Gasteiger partial charge in [-0.15, -0.1) is 0 Å². The average Bonchev–Trinajstić information content (AvgIpc) is 2.16. The number of nitrogens with zero attached hydrogens (tertiary/aromatic N) is 1. The van der Waals surface area contributed by atoms with Crippen molar-refractivity contribution in [3.05, 3.63) is 0 Å². The van der Waals surface area contributed by atoms with Crippen LogP contribution in [0.15, 0.2) is 0 Å². The van der Waals surface area contributed by atoms with Gasteiger partial charge in [-0.3, -0.25) is 4.90 Å². The van der Waals surface area contributed by atoms with Crippen molar-refractivity contribution < 1.29 is 5.11 Å². The summed E-state index contributed by atoms with van der Waals surface area (Å²) >= 11 is 1.74. The molecule has 2 aliphatic rings. The van der Waals surface area contributed by atoms with Crippen LogP contribution < -0.4 is 0 Å². The van der Waals surface area contributed by atoms with Crippen molar-refractivity contribution in [2.24, 2.45) is 5.41 Å². The molecule has 1 heterocycles. The van der Waals surface area contributed by atoms with E-state index in [9.17, 15) is 5.11 Å². The standard InChI is InChI=1S/C13H25NOS/c1-12(15,11-16-2)8-14-9-13(10-14)6-4-3-5-7-13/h15H,3-11H2,1-2H3. The minimum absolute atomic E-state index is 0.504. The number of β-amino-alcohol motifs (C(OH)–C–C–N with tert-alkyl or cyclic N) is 1. The van der Waals surface area contributed by atoms with Crippen molar-refractivity contribution in [2.45, 2.75) is 44.6 Å². The second-order valence-corrected chi connectivity index (χ2v) is 7.00. The highest BCUT2D eigenvalue weighted by molar-refractivity contribution is 7.98. The summed E-state index contributed by atoms with van der Waals surface area (Å²) in [5.41, 5.74) is 0.142. The molecule has 3 heteroatoms. The van der Waals surface area contributed by atoms with Crippen LogP contribution in [0.1, 0.15) is 39.0 Å².